The van der Waals surface area contributed by atoms with Gasteiger partial charge in [-0.1, -0.05) is 30.7 Å². The molecule has 2 heteroatoms. The van der Waals surface area contributed by atoms with Crippen molar-refractivity contribution in [3.8, 4) is 0 Å². The molecular formula is C13H22N2. The predicted octanol–water partition coefficient (Wildman–Crippen LogP) is 3.37. The summed E-state index contributed by atoms with van der Waals surface area (Å²) in [5, 5.41) is 6.66. The maximum absolute atomic E-state index is 4.48. The summed E-state index contributed by atoms with van der Waals surface area (Å²) in [5.41, 5.74) is 2.70. The second-order valence-corrected chi connectivity index (χ2v) is 3.98. The highest BCUT2D eigenvalue weighted by Gasteiger charge is 2.09. The molecule has 0 aromatic rings. The van der Waals surface area contributed by atoms with Gasteiger partial charge in [-0.2, -0.15) is 5.10 Å². The summed E-state index contributed by atoms with van der Waals surface area (Å²) in [4.78, 5) is 0. The minimum absolute atomic E-state index is 1.05. The van der Waals surface area contributed by atoms with E-state index in [4.69, 9.17) is 0 Å². The number of hydrazone groups is 1. The van der Waals surface area contributed by atoms with Gasteiger partial charge in [0.25, 0.3) is 0 Å². The lowest BCUT2D eigenvalue weighted by atomic mass is 10.1. The van der Waals surface area contributed by atoms with Crippen molar-refractivity contribution in [3.63, 3.8) is 0 Å². The molecule has 2 nitrogen and oxygen atoms in total. The van der Waals surface area contributed by atoms with Crippen molar-refractivity contribution in [1.82, 2.24) is 5.01 Å². The fourth-order valence-electron chi connectivity index (χ4n) is 1.78. The van der Waals surface area contributed by atoms with Crippen LogP contribution in [0.15, 0.2) is 28.9 Å². The average Bonchev–Trinajstić information content (AvgIpc) is 2.61. The first-order valence-electron chi connectivity index (χ1n) is 5.87. The highest BCUT2D eigenvalue weighted by Crippen LogP contribution is 2.11. The Kier molecular flexibility index (Phi) is 5.16. The first-order valence-corrected chi connectivity index (χ1v) is 5.87. The van der Waals surface area contributed by atoms with Gasteiger partial charge in [0.05, 0.1) is 0 Å². The van der Waals surface area contributed by atoms with E-state index in [9.17, 15) is 0 Å². The molecule has 0 radical (unpaired) electrons. The van der Waals surface area contributed by atoms with Crippen molar-refractivity contribution in [2.75, 3.05) is 13.1 Å². The molecule has 0 spiro atoms. The summed E-state index contributed by atoms with van der Waals surface area (Å²) in [5.74, 6) is 0. The van der Waals surface area contributed by atoms with Crippen LogP contribution in [-0.2, 0) is 0 Å². The topological polar surface area (TPSA) is 15.6 Å². The fraction of sp³-hybridized carbons (Fsp3) is 0.615. The van der Waals surface area contributed by atoms with Gasteiger partial charge < -0.3 is 0 Å². The summed E-state index contributed by atoms with van der Waals surface area (Å²) in [7, 11) is 0. The highest BCUT2D eigenvalue weighted by molar-refractivity contribution is 5.82. The monoisotopic (exact) mass is 206 g/mol. The molecule has 0 fully saturated rings. The molecule has 0 N–H and O–H groups in total. The SMILES string of the molecule is C/C=C\C(=C/CC)CCN1CCC(C)=N1. The fourth-order valence-corrected chi connectivity index (χ4v) is 1.78. The van der Waals surface area contributed by atoms with Gasteiger partial charge in [-0.05, 0) is 26.7 Å². The molecule has 0 unspecified atom stereocenters. The van der Waals surface area contributed by atoms with Crippen LogP contribution in [0.3, 0.4) is 0 Å². The van der Waals surface area contributed by atoms with Crippen LogP contribution in [0.5, 0.6) is 0 Å². The predicted molar refractivity (Wildman–Crippen MR) is 67.1 cm³/mol. The standard InChI is InChI=1S/C13H22N2/c1-4-6-13(7-5-2)9-11-15-10-8-12(3)14-15/h4,6-7H,5,8-11H2,1-3H3/b6-4-,13-7+. The van der Waals surface area contributed by atoms with Crippen LogP contribution in [0.1, 0.15) is 40.0 Å². The molecule has 0 aliphatic carbocycles. The van der Waals surface area contributed by atoms with Crippen LogP contribution >= 0.6 is 0 Å². The molecule has 1 heterocycles. The third-order valence-corrected chi connectivity index (χ3v) is 2.55. The lowest BCUT2D eigenvalue weighted by Gasteiger charge is -2.13. The van der Waals surface area contributed by atoms with Gasteiger partial charge in [0, 0.05) is 25.2 Å². The molecule has 0 saturated heterocycles. The van der Waals surface area contributed by atoms with Gasteiger partial charge in [-0.3, -0.25) is 5.01 Å². The minimum Gasteiger partial charge on any atom is -0.296 e. The van der Waals surface area contributed by atoms with E-state index in [2.05, 4.69) is 49.1 Å². The van der Waals surface area contributed by atoms with Crippen LogP contribution in [0.4, 0.5) is 0 Å². The molecule has 1 aliphatic rings. The van der Waals surface area contributed by atoms with Gasteiger partial charge in [0.15, 0.2) is 0 Å². The Labute approximate surface area is 93.4 Å². The van der Waals surface area contributed by atoms with Gasteiger partial charge in [-0.25, -0.2) is 0 Å². The third kappa shape index (κ3) is 4.32. The Morgan fingerprint density at radius 3 is 2.87 bits per heavy atom. The Bertz CT molecular complexity index is 274. The molecule has 0 bridgehead atoms. The van der Waals surface area contributed by atoms with Gasteiger partial charge in [0.1, 0.15) is 0 Å². The van der Waals surface area contributed by atoms with Crippen molar-refractivity contribution >= 4 is 5.71 Å². The minimum atomic E-state index is 1.05. The molecular weight excluding hydrogens is 184 g/mol. The summed E-state index contributed by atoms with van der Waals surface area (Å²) in [6.07, 6.45) is 9.97. The van der Waals surface area contributed by atoms with Crippen LogP contribution in [-0.4, -0.2) is 23.8 Å². The molecule has 15 heavy (non-hydrogen) atoms. The van der Waals surface area contributed by atoms with Crippen molar-refractivity contribution < 1.29 is 0 Å². The lowest BCUT2D eigenvalue weighted by Crippen LogP contribution is -2.15. The van der Waals surface area contributed by atoms with Crippen LogP contribution < -0.4 is 0 Å². The molecule has 0 saturated carbocycles. The zero-order valence-corrected chi connectivity index (χ0v) is 10.2. The molecule has 0 aromatic carbocycles. The molecule has 1 aliphatic heterocycles. The van der Waals surface area contributed by atoms with Crippen LogP contribution in [0.2, 0.25) is 0 Å². The molecule has 0 atom stereocenters. The Balaban J connectivity index is 2.37. The van der Waals surface area contributed by atoms with Gasteiger partial charge in [0.2, 0.25) is 0 Å². The van der Waals surface area contributed by atoms with E-state index in [-0.39, 0.29) is 0 Å². The summed E-state index contributed by atoms with van der Waals surface area (Å²) in [6.45, 7) is 8.51. The molecule has 0 amide bonds. The van der Waals surface area contributed by atoms with Crippen molar-refractivity contribution in [2.24, 2.45) is 5.10 Å². The number of nitrogens with zero attached hydrogens (tertiary/aromatic N) is 2. The largest absolute Gasteiger partial charge is 0.296 e. The van der Waals surface area contributed by atoms with E-state index in [1.807, 2.05) is 0 Å². The maximum Gasteiger partial charge on any atom is 0.0413 e. The first-order chi connectivity index (χ1) is 7.26. The summed E-state index contributed by atoms with van der Waals surface area (Å²) < 4.78 is 0. The number of hydrogen-bond donors (Lipinski definition) is 0. The zero-order chi connectivity index (χ0) is 11.1. The second kappa shape index (κ2) is 6.44. The highest BCUT2D eigenvalue weighted by atomic mass is 15.5. The number of allylic oxidation sites excluding steroid dienone is 3. The Hall–Kier alpha value is -1.05. The van der Waals surface area contributed by atoms with Crippen molar-refractivity contribution in [2.45, 2.75) is 40.0 Å². The summed E-state index contributed by atoms with van der Waals surface area (Å²) in [6, 6.07) is 0. The zero-order valence-electron chi connectivity index (χ0n) is 10.2. The van der Waals surface area contributed by atoms with E-state index < -0.39 is 0 Å². The maximum atomic E-state index is 4.48. The smallest absolute Gasteiger partial charge is 0.0413 e. The van der Waals surface area contributed by atoms with E-state index >= 15 is 0 Å². The average molecular weight is 206 g/mol. The van der Waals surface area contributed by atoms with Gasteiger partial charge in [-0.15, -0.1) is 0 Å². The van der Waals surface area contributed by atoms with Crippen molar-refractivity contribution in [3.05, 3.63) is 23.8 Å². The second-order valence-electron chi connectivity index (χ2n) is 3.98. The van der Waals surface area contributed by atoms with Gasteiger partial charge >= 0.3 is 0 Å². The van der Waals surface area contributed by atoms with Crippen LogP contribution in [0.25, 0.3) is 0 Å². The van der Waals surface area contributed by atoms with E-state index in [0.717, 1.165) is 32.4 Å². The molecule has 1 rings (SSSR count). The molecule has 84 valence electrons. The van der Waals surface area contributed by atoms with E-state index in [0.29, 0.717) is 0 Å². The Morgan fingerprint density at radius 2 is 2.33 bits per heavy atom. The summed E-state index contributed by atoms with van der Waals surface area (Å²) >= 11 is 0. The van der Waals surface area contributed by atoms with Crippen molar-refractivity contribution in [1.29, 1.82) is 0 Å². The third-order valence-electron chi connectivity index (χ3n) is 2.55. The number of hydrogen-bond acceptors (Lipinski definition) is 2. The van der Waals surface area contributed by atoms with E-state index in [1.165, 1.54) is 11.3 Å². The van der Waals surface area contributed by atoms with E-state index in [1.54, 1.807) is 0 Å². The van der Waals surface area contributed by atoms with Crippen LogP contribution in [0, 0.1) is 0 Å². The normalized spacial score (nSPS) is 17.7. The lowest BCUT2D eigenvalue weighted by molar-refractivity contribution is 0.323. The molecule has 0 aromatic heterocycles. The quantitative estimate of drug-likeness (QED) is 0.630. The number of rotatable bonds is 5. The Morgan fingerprint density at radius 1 is 1.53 bits per heavy atom. The first kappa shape index (κ1) is 12.0.